The van der Waals surface area contributed by atoms with Crippen molar-refractivity contribution in [3.63, 3.8) is 0 Å². The van der Waals surface area contributed by atoms with Gasteiger partial charge in [-0.3, -0.25) is 0 Å². The van der Waals surface area contributed by atoms with Crippen LogP contribution >= 0.6 is 23.1 Å². The summed E-state index contributed by atoms with van der Waals surface area (Å²) < 4.78 is 2.14. The van der Waals surface area contributed by atoms with Crippen LogP contribution in [0.2, 0.25) is 0 Å². The highest BCUT2D eigenvalue weighted by Crippen LogP contribution is 2.32. The Kier molecular flexibility index (Phi) is 3.62. The quantitative estimate of drug-likeness (QED) is 0.530. The summed E-state index contributed by atoms with van der Waals surface area (Å²) in [6, 6.07) is 12.4. The van der Waals surface area contributed by atoms with E-state index in [4.69, 9.17) is 0 Å². The number of aromatic nitrogens is 4. The summed E-state index contributed by atoms with van der Waals surface area (Å²) in [6.07, 6.45) is 5.45. The maximum atomic E-state index is 4.47. The molecule has 0 unspecified atom stereocenters. The van der Waals surface area contributed by atoms with E-state index >= 15 is 0 Å². The Balaban J connectivity index is 1.64. The van der Waals surface area contributed by atoms with Gasteiger partial charge < -0.3 is 4.57 Å². The molecular formula is C16H12N4S2. The molecule has 0 aliphatic heterocycles. The third-order valence-corrected chi connectivity index (χ3v) is 5.15. The predicted molar refractivity (Wildman–Crippen MR) is 89.3 cm³/mol. The van der Waals surface area contributed by atoms with Gasteiger partial charge in [-0.15, -0.1) is 11.3 Å². The molecule has 4 nitrogen and oxygen atoms in total. The van der Waals surface area contributed by atoms with Gasteiger partial charge in [-0.05, 0) is 28.8 Å². The minimum absolute atomic E-state index is 0.807. The fraction of sp³-hybridized carbons (Fsp3) is 0.0625. The van der Waals surface area contributed by atoms with Crippen molar-refractivity contribution >= 4 is 33.3 Å². The van der Waals surface area contributed by atoms with Gasteiger partial charge in [0.25, 0.3) is 0 Å². The Morgan fingerprint density at radius 1 is 1.05 bits per heavy atom. The molecule has 0 amide bonds. The molecule has 3 heterocycles. The van der Waals surface area contributed by atoms with Crippen LogP contribution in [0.1, 0.15) is 5.56 Å². The Hall–Kier alpha value is -2.18. The van der Waals surface area contributed by atoms with Gasteiger partial charge in [0.15, 0.2) is 5.16 Å². The van der Waals surface area contributed by atoms with Crippen molar-refractivity contribution in [3.8, 4) is 0 Å². The summed E-state index contributed by atoms with van der Waals surface area (Å²) in [5.41, 5.74) is 1.26. The number of thiophene rings is 1. The van der Waals surface area contributed by atoms with Crippen LogP contribution in [0.4, 0.5) is 0 Å². The molecule has 0 aliphatic carbocycles. The highest BCUT2D eigenvalue weighted by Gasteiger charge is 2.11. The van der Waals surface area contributed by atoms with Crippen molar-refractivity contribution in [1.29, 1.82) is 0 Å². The first-order chi connectivity index (χ1) is 10.9. The summed E-state index contributed by atoms with van der Waals surface area (Å²) in [6.45, 7) is 0.807. The lowest BCUT2D eigenvalue weighted by Gasteiger charge is -2.07. The second-order valence-electron chi connectivity index (χ2n) is 4.74. The summed E-state index contributed by atoms with van der Waals surface area (Å²) in [5, 5.41) is 5.02. The molecule has 0 saturated carbocycles. The molecule has 4 rings (SSSR count). The molecule has 0 spiro atoms. The third-order valence-electron chi connectivity index (χ3n) is 3.29. The molecule has 0 atom stereocenters. The van der Waals surface area contributed by atoms with Gasteiger partial charge in [-0.2, -0.15) is 0 Å². The fourth-order valence-electron chi connectivity index (χ4n) is 2.24. The number of imidazole rings is 1. The van der Waals surface area contributed by atoms with Crippen molar-refractivity contribution in [3.05, 3.63) is 66.1 Å². The van der Waals surface area contributed by atoms with Crippen LogP contribution in [0.15, 0.2) is 70.7 Å². The minimum Gasteiger partial charge on any atom is -0.321 e. The molecule has 0 bridgehead atoms. The molecule has 108 valence electrons. The number of nitrogens with zero attached hydrogens (tertiary/aromatic N) is 4. The SMILES string of the molecule is c1ccc(Cn2ccnc2Sc2ncnc3sccc23)cc1. The van der Waals surface area contributed by atoms with Gasteiger partial charge in [0.2, 0.25) is 0 Å². The van der Waals surface area contributed by atoms with Crippen molar-refractivity contribution in [2.45, 2.75) is 16.7 Å². The van der Waals surface area contributed by atoms with E-state index in [9.17, 15) is 0 Å². The number of benzene rings is 1. The molecule has 3 aromatic heterocycles. The Bertz CT molecular complexity index is 899. The van der Waals surface area contributed by atoms with E-state index in [0.29, 0.717) is 0 Å². The zero-order valence-electron chi connectivity index (χ0n) is 11.6. The van der Waals surface area contributed by atoms with E-state index in [2.05, 4.69) is 49.9 Å². The Labute approximate surface area is 135 Å². The van der Waals surface area contributed by atoms with Crippen LogP contribution in [-0.2, 0) is 6.54 Å². The molecule has 6 heteroatoms. The van der Waals surface area contributed by atoms with Crippen LogP contribution < -0.4 is 0 Å². The normalized spacial score (nSPS) is 11.1. The molecule has 4 aromatic rings. The lowest BCUT2D eigenvalue weighted by atomic mass is 10.2. The predicted octanol–water partition coefficient (Wildman–Crippen LogP) is 4.09. The van der Waals surface area contributed by atoms with Crippen LogP contribution in [-0.4, -0.2) is 19.5 Å². The number of fused-ring (bicyclic) bond motifs is 1. The highest BCUT2D eigenvalue weighted by atomic mass is 32.2. The molecule has 0 fully saturated rings. The zero-order valence-corrected chi connectivity index (χ0v) is 13.2. The second kappa shape index (κ2) is 5.90. The van der Waals surface area contributed by atoms with Crippen LogP contribution in [0.3, 0.4) is 0 Å². The number of hydrogen-bond acceptors (Lipinski definition) is 5. The molecule has 0 N–H and O–H groups in total. The van der Waals surface area contributed by atoms with Gasteiger partial charge in [0.05, 0.1) is 0 Å². The standard InChI is InChI=1S/C16H12N4S2/c1-2-4-12(5-3-1)10-20-8-7-17-16(20)22-15-13-6-9-21-14(13)18-11-19-15/h1-9,11H,10H2. The summed E-state index contributed by atoms with van der Waals surface area (Å²) in [7, 11) is 0. The average Bonchev–Trinajstić information content (AvgIpc) is 3.19. The smallest absolute Gasteiger partial charge is 0.174 e. The first-order valence-corrected chi connectivity index (χ1v) is 8.51. The lowest BCUT2D eigenvalue weighted by Crippen LogP contribution is -2.00. The highest BCUT2D eigenvalue weighted by molar-refractivity contribution is 7.99. The largest absolute Gasteiger partial charge is 0.321 e. The average molecular weight is 324 g/mol. The van der Waals surface area contributed by atoms with Crippen molar-refractivity contribution in [2.75, 3.05) is 0 Å². The first kappa shape index (κ1) is 13.5. The summed E-state index contributed by atoms with van der Waals surface area (Å²) >= 11 is 3.21. The van der Waals surface area contributed by atoms with Crippen molar-refractivity contribution in [1.82, 2.24) is 19.5 Å². The van der Waals surface area contributed by atoms with E-state index in [1.54, 1.807) is 29.4 Å². The topological polar surface area (TPSA) is 43.6 Å². The maximum Gasteiger partial charge on any atom is 0.174 e. The van der Waals surface area contributed by atoms with Crippen molar-refractivity contribution < 1.29 is 0 Å². The van der Waals surface area contributed by atoms with E-state index < -0.39 is 0 Å². The van der Waals surface area contributed by atoms with Gasteiger partial charge in [-0.1, -0.05) is 30.3 Å². The van der Waals surface area contributed by atoms with Gasteiger partial charge in [0, 0.05) is 24.3 Å². The summed E-state index contributed by atoms with van der Waals surface area (Å²) in [4.78, 5) is 14.2. The van der Waals surface area contributed by atoms with E-state index in [-0.39, 0.29) is 0 Å². The molecular weight excluding hydrogens is 312 g/mol. The molecule has 0 aliphatic rings. The van der Waals surface area contributed by atoms with Gasteiger partial charge >= 0.3 is 0 Å². The fourth-order valence-corrected chi connectivity index (χ4v) is 3.94. The Morgan fingerprint density at radius 3 is 2.86 bits per heavy atom. The van der Waals surface area contributed by atoms with Gasteiger partial charge in [0.1, 0.15) is 16.2 Å². The van der Waals surface area contributed by atoms with Crippen LogP contribution in [0.5, 0.6) is 0 Å². The molecule has 0 radical (unpaired) electrons. The number of hydrogen-bond donors (Lipinski definition) is 0. The number of rotatable bonds is 4. The van der Waals surface area contributed by atoms with E-state index in [1.807, 2.05) is 23.8 Å². The molecule has 0 saturated heterocycles. The first-order valence-electron chi connectivity index (χ1n) is 6.81. The van der Waals surface area contributed by atoms with Crippen LogP contribution in [0.25, 0.3) is 10.2 Å². The summed E-state index contributed by atoms with van der Waals surface area (Å²) in [5.74, 6) is 0. The van der Waals surface area contributed by atoms with Crippen molar-refractivity contribution in [2.24, 2.45) is 0 Å². The van der Waals surface area contributed by atoms with E-state index in [1.165, 1.54) is 5.56 Å². The molecule has 1 aromatic carbocycles. The van der Waals surface area contributed by atoms with Gasteiger partial charge in [-0.25, -0.2) is 15.0 Å². The third kappa shape index (κ3) is 2.63. The monoisotopic (exact) mass is 324 g/mol. The minimum atomic E-state index is 0.807. The van der Waals surface area contributed by atoms with Crippen LogP contribution in [0, 0.1) is 0 Å². The lowest BCUT2D eigenvalue weighted by molar-refractivity contribution is 0.708. The second-order valence-corrected chi connectivity index (χ2v) is 6.59. The van der Waals surface area contributed by atoms with E-state index in [0.717, 1.165) is 26.9 Å². The maximum absolute atomic E-state index is 4.47. The Morgan fingerprint density at radius 2 is 1.95 bits per heavy atom. The molecule has 22 heavy (non-hydrogen) atoms. The zero-order chi connectivity index (χ0) is 14.8.